The number of hydrogen-bond donors (Lipinski definition) is 1. The maximum absolute atomic E-state index is 8.63. The van der Waals surface area contributed by atoms with Crippen molar-refractivity contribution in [2.75, 3.05) is 6.61 Å². The molecule has 0 saturated heterocycles. The van der Waals surface area contributed by atoms with Crippen molar-refractivity contribution in [3.63, 3.8) is 0 Å². The molecular weight excluding hydrogens is 214 g/mol. The fourth-order valence-electron chi connectivity index (χ4n) is 1.98. The van der Waals surface area contributed by atoms with Gasteiger partial charge in [0.25, 0.3) is 0 Å². The first-order chi connectivity index (χ1) is 8.43. The van der Waals surface area contributed by atoms with Gasteiger partial charge < -0.3 is 9.67 Å². The minimum Gasteiger partial charge on any atom is -0.396 e. The standard InChI is InChI=1S/C13H25N3O/c17-11-9-7-5-3-1-2-4-6-8-10-16-12-14-15-13-16/h12-13,17H,1-11H2. The summed E-state index contributed by atoms with van der Waals surface area (Å²) in [4.78, 5) is 0. The Morgan fingerprint density at radius 3 is 1.71 bits per heavy atom. The molecule has 4 nitrogen and oxygen atoms in total. The van der Waals surface area contributed by atoms with E-state index in [0.717, 1.165) is 13.0 Å². The molecule has 0 aromatic carbocycles. The van der Waals surface area contributed by atoms with Crippen molar-refractivity contribution in [1.29, 1.82) is 0 Å². The van der Waals surface area contributed by atoms with Crippen molar-refractivity contribution >= 4 is 0 Å². The van der Waals surface area contributed by atoms with E-state index in [-0.39, 0.29) is 0 Å². The average molecular weight is 239 g/mol. The van der Waals surface area contributed by atoms with Crippen molar-refractivity contribution in [2.24, 2.45) is 0 Å². The molecule has 0 amide bonds. The third-order valence-corrected chi connectivity index (χ3v) is 3.04. The summed E-state index contributed by atoms with van der Waals surface area (Å²) < 4.78 is 2.04. The maximum Gasteiger partial charge on any atom is 0.119 e. The van der Waals surface area contributed by atoms with Gasteiger partial charge in [-0.3, -0.25) is 0 Å². The molecule has 4 heteroatoms. The number of aliphatic hydroxyl groups is 1. The predicted octanol–water partition coefficient (Wildman–Crippen LogP) is 2.78. The molecular formula is C13H25N3O. The predicted molar refractivity (Wildman–Crippen MR) is 68.7 cm³/mol. The average Bonchev–Trinajstić information content (AvgIpc) is 2.85. The van der Waals surface area contributed by atoms with Crippen molar-refractivity contribution in [3.8, 4) is 0 Å². The summed E-state index contributed by atoms with van der Waals surface area (Å²) in [6, 6.07) is 0. The summed E-state index contributed by atoms with van der Waals surface area (Å²) in [5.41, 5.74) is 0. The molecule has 0 radical (unpaired) electrons. The van der Waals surface area contributed by atoms with Crippen LogP contribution in [0.2, 0.25) is 0 Å². The Kier molecular flexibility index (Phi) is 8.55. The van der Waals surface area contributed by atoms with E-state index in [4.69, 9.17) is 5.11 Å². The Balaban J connectivity index is 1.76. The normalized spacial score (nSPS) is 10.9. The van der Waals surface area contributed by atoms with Gasteiger partial charge in [-0.25, -0.2) is 0 Å². The fourth-order valence-corrected chi connectivity index (χ4v) is 1.98. The number of rotatable bonds is 11. The summed E-state index contributed by atoms with van der Waals surface area (Å²) in [5, 5.41) is 16.2. The van der Waals surface area contributed by atoms with Crippen LogP contribution in [0, 0.1) is 0 Å². The van der Waals surface area contributed by atoms with E-state index in [0.29, 0.717) is 6.61 Å². The SMILES string of the molecule is OCCCCCCCCCCCn1cnnc1. The Hall–Kier alpha value is -0.900. The van der Waals surface area contributed by atoms with E-state index in [1.807, 2.05) is 4.57 Å². The molecule has 17 heavy (non-hydrogen) atoms. The van der Waals surface area contributed by atoms with Crippen LogP contribution in [0.15, 0.2) is 12.7 Å². The first-order valence-electron chi connectivity index (χ1n) is 6.87. The topological polar surface area (TPSA) is 50.9 Å². The summed E-state index contributed by atoms with van der Waals surface area (Å²) >= 11 is 0. The summed E-state index contributed by atoms with van der Waals surface area (Å²) in [7, 11) is 0. The molecule has 0 spiro atoms. The van der Waals surface area contributed by atoms with Gasteiger partial charge in [-0.05, 0) is 12.8 Å². The molecule has 1 rings (SSSR count). The molecule has 0 atom stereocenters. The molecule has 0 unspecified atom stereocenters. The Bertz CT molecular complexity index is 249. The highest BCUT2D eigenvalue weighted by atomic mass is 16.2. The molecule has 1 N–H and O–H groups in total. The lowest BCUT2D eigenvalue weighted by molar-refractivity contribution is 0.282. The van der Waals surface area contributed by atoms with E-state index in [2.05, 4.69) is 10.2 Å². The van der Waals surface area contributed by atoms with Crippen LogP contribution in [-0.2, 0) is 6.54 Å². The van der Waals surface area contributed by atoms with Crippen LogP contribution in [-0.4, -0.2) is 26.5 Å². The Labute approximate surface area is 104 Å². The van der Waals surface area contributed by atoms with Crippen LogP contribution in [0.1, 0.15) is 57.8 Å². The highest BCUT2D eigenvalue weighted by Gasteiger charge is 1.93. The molecule has 0 fully saturated rings. The zero-order valence-corrected chi connectivity index (χ0v) is 10.7. The number of aliphatic hydroxyl groups excluding tert-OH is 1. The smallest absolute Gasteiger partial charge is 0.119 e. The van der Waals surface area contributed by atoms with Crippen molar-refractivity contribution in [1.82, 2.24) is 14.8 Å². The minimum absolute atomic E-state index is 0.350. The van der Waals surface area contributed by atoms with E-state index >= 15 is 0 Å². The van der Waals surface area contributed by atoms with Crippen LogP contribution >= 0.6 is 0 Å². The third kappa shape index (κ3) is 7.91. The summed E-state index contributed by atoms with van der Waals surface area (Å²) in [6.07, 6.45) is 14.9. The first-order valence-corrected chi connectivity index (χ1v) is 6.87. The lowest BCUT2D eigenvalue weighted by Gasteiger charge is -2.02. The second-order valence-corrected chi connectivity index (χ2v) is 4.61. The molecule has 0 aliphatic rings. The number of unbranched alkanes of at least 4 members (excludes halogenated alkanes) is 8. The van der Waals surface area contributed by atoms with Crippen LogP contribution in [0.25, 0.3) is 0 Å². The van der Waals surface area contributed by atoms with Gasteiger partial charge in [-0.1, -0.05) is 44.9 Å². The molecule has 0 bridgehead atoms. The van der Waals surface area contributed by atoms with Gasteiger partial charge in [0.15, 0.2) is 0 Å². The maximum atomic E-state index is 8.63. The molecule has 1 aromatic heterocycles. The molecule has 0 aliphatic carbocycles. The quantitative estimate of drug-likeness (QED) is 0.604. The van der Waals surface area contributed by atoms with Gasteiger partial charge in [-0.2, -0.15) is 0 Å². The molecule has 1 heterocycles. The highest BCUT2D eigenvalue weighted by molar-refractivity contribution is 4.59. The summed E-state index contributed by atoms with van der Waals surface area (Å²) in [6.45, 7) is 1.40. The van der Waals surface area contributed by atoms with Crippen molar-refractivity contribution in [3.05, 3.63) is 12.7 Å². The highest BCUT2D eigenvalue weighted by Crippen LogP contribution is 2.09. The number of nitrogens with zero attached hydrogens (tertiary/aromatic N) is 3. The lowest BCUT2D eigenvalue weighted by Crippen LogP contribution is -1.94. The third-order valence-electron chi connectivity index (χ3n) is 3.04. The molecule has 0 saturated carbocycles. The van der Waals surface area contributed by atoms with Gasteiger partial charge in [0.2, 0.25) is 0 Å². The number of aryl methyl sites for hydroxylation is 1. The van der Waals surface area contributed by atoms with Gasteiger partial charge in [0.05, 0.1) is 0 Å². The monoisotopic (exact) mass is 239 g/mol. The van der Waals surface area contributed by atoms with E-state index in [9.17, 15) is 0 Å². The Morgan fingerprint density at radius 2 is 1.18 bits per heavy atom. The Morgan fingerprint density at radius 1 is 0.706 bits per heavy atom. The molecule has 1 aromatic rings. The molecule has 98 valence electrons. The van der Waals surface area contributed by atoms with Crippen molar-refractivity contribution in [2.45, 2.75) is 64.3 Å². The second-order valence-electron chi connectivity index (χ2n) is 4.61. The van der Waals surface area contributed by atoms with Crippen LogP contribution in [0.3, 0.4) is 0 Å². The van der Waals surface area contributed by atoms with Gasteiger partial charge in [0.1, 0.15) is 12.7 Å². The van der Waals surface area contributed by atoms with Gasteiger partial charge in [-0.15, -0.1) is 10.2 Å². The zero-order chi connectivity index (χ0) is 12.2. The van der Waals surface area contributed by atoms with Crippen LogP contribution in [0.5, 0.6) is 0 Å². The second kappa shape index (κ2) is 10.3. The van der Waals surface area contributed by atoms with Crippen LogP contribution in [0.4, 0.5) is 0 Å². The first kappa shape index (κ1) is 14.2. The van der Waals surface area contributed by atoms with Gasteiger partial charge >= 0.3 is 0 Å². The van der Waals surface area contributed by atoms with E-state index in [1.54, 1.807) is 12.7 Å². The van der Waals surface area contributed by atoms with Crippen molar-refractivity contribution < 1.29 is 5.11 Å². The van der Waals surface area contributed by atoms with Crippen LogP contribution < -0.4 is 0 Å². The fraction of sp³-hybridized carbons (Fsp3) is 0.846. The zero-order valence-electron chi connectivity index (χ0n) is 10.7. The van der Waals surface area contributed by atoms with E-state index in [1.165, 1.54) is 51.4 Å². The molecule has 0 aliphatic heterocycles. The number of aromatic nitrogens is 3. The largest absolute Gasteiger partial charge is 0.396 e. The number of hydrogen-bond acceptors (Lipinski definition) is 3. The van der Waals surface area contributed by atoms with E-state index < -0.39 is 0 Å². The minimum atomic E-state index is 0.350. The van der Waals surface area contributed by atoms with Gasteiger partial charge in [0, 0.05) is 13.2 Å². The summed E-state index contributed by atoms with van der Waals surface area (Å²) in [5.74, 6) is 0. The lowest BCUT2D eigenvalue weighted by atomic mass is 10.1.